The molecule has 1 aliphatic rings. The summed E-state index contributed by atoms with van der Waals surface area (Å²) in [6.07, 6.45) is 0. The summed E-state index contributed by atoms with van der Waals surface area (Å²) in [4.78, 5) is 2.44. The summed E-state index contributed by atoms with van der Waals surface area (Å²) in [6, 6.07) is 8.72. The average Bonchev–Trinajstić information content (AvgIpc) is 2.33. The van der Waals surface area contributed by atoms with E-state index in [0.29, 0.717) is 6.04 Å². The van der Waals surface area contributed by atoms with Crippen LogP contribution in [0.25, 0.3) is 0 Å². The maximum absolute atomic E-state index is 5.42. The number of anilines is 1. The highest BCUT2D eigenvalue weighted by Gasteiger charge is 2.18. The van der Waals surface area contributed by atoms with Crippen molar-refractivity contribution < 1.29 is 4.74 Å². The van der Waals surface area contributed by atoms with Crippen LogP contribution in [0.2, 0.25) is 0 Å². The number of hydrazine groups is 1. The molecule has 1 heterocycles. The molecule has 2 rings (SSSR count). The second-order valence-corrected chi connectivity index (χ2v) is 4.24. The Bertz CT molecular complexity index is 331. The molecule has 0 spiro atoms. The van der Waals surface area contributed by atoms with Crippen molar-refractivity contribution in [3.05, 3.63) is 29.8 Å². The van der Waals surface area contributed by atoms with Gasteiger partial charge in [-0.15, -0.1) is 12.4 Å². The predicted octanol–water partition coefficient (Wildman–Crippen LogP) is 1.61. The van der Waals surface area contributed by atoms with Gasteiger partial charge in [-0.3, -0.25) is 10.7 Å². The molecule has 1 fully saturated rings. The van der Waals surface area contributed by atoms with Crippen molar-refractivity contribution in [1.82, 2.24) is 4.90 Å². The monoisotopic (exact) mass is 257 g/mol. The molecule has 0 saturated carbocycles. The average molecular weight is 258 g/mol. The Morgan fingerprint density at radius 1 is 1.41 bits per heavy atom. The van der Waals surface area contributed by atoms with Crippen LogP contribution in [0.1, 0.15) is 12.5 Å². The van der Waals surface area contributed by atoms with Gasteiger partial charge in [-0.25, -0.2) is 0 Å². The Morgan fingerprint density at radius 2 is 2.12 bits per heavy atom. The van der Waals surface area contributed by atoms with Crippen LogP contribution in [0.4, 0.5) is 5.69 Å². The predicted molar refractivity (Wildman–Crippen MR) is 72.2 cm³/mol. The van der Waals surface area contributed by atoms with Crippen LogP contribution in [0.3, 0.4) is 0 Å². The SMILES string of the molecule is C[C@H]1COCCN1Cc1ccc(NN)cc1.Cl. The van der Waals surface area contributed by atoms with E-state index in [1.54, 1.807) is 0 Å². The van der Waals surface area contributed by atoms with E-state index < -0.39 is 0 Å². The van der Waals surface area contributed by atoms with Crippen molar-refractivity contribution in [3.63, 3.8) is 0 Å². The molecule has 0 unspecified atom stereocenters. The second-order valence-electron chi connectivity index (χ2n) is 4.24. The quantitative estimate of drug-likeness (QED) is 0.638. The van der Waals surface area contributed by atoms with Gasteiger partial charge < -0.3 is 10.2 Å². The molecule has 96 valence electrons. The first kappa shape index (κ1) is 14.3. The molecule has 1 aromatic rings. The van der Waals surface area contributed by atoms with E-state index >= 15 is 0 Å². The molecular weight excluding hydrogens is 238 g/mol. The fourth-order valence-electron chi connectivity index (χ4n) is 1.94. The van der Waals surface area contributed by atoms with Crippen LogP contribution in [0.5, 0.6) is 0 Å². The highest BCUT2D eigenvalue weighted by atomic mass is 35.5. The largest absolute Gasteiger partial charge is 0.379 e. The number of ether oxygens (including phenoxy) is 1. The Kier molecular flexibility index (Phi) is 5.71. The number of benzene rings is 1. The summed E-state index contributed by atoms with van der Waals surface area (Å²) < 4.78 is 5.42. The summed E-state index contributed by atoms with van der Waals surface area (Å²) in [6.45, 7) is 5.87. The molecule has 0 aliphatic carbocycles. The number of halogens is 1. The highest BCUT2D eigenvalue weighted by Crippen LogP contribution is 2.14. The van der Waals surface area contributed by atoms with E-state index in [-0.39, 0.29) is 12.4 Å². The maximum atomic E-state index is 5.42. The van der Waals surface area contributed by atoms with Crippen LogP contribution >= 0.6 is 12.4 Å². The third kappa shape index (κ3) is 3.85. The van der Waals surface area contributed by atoms with E-state index in [9.17, 15) is 0 Å². The molecule has 0 amide bonds. The van der Waals surface area contributed by atoms with Gasteiger partial charge >= 0.3 is 0 Å². The van der Waals surface area contributed by atoms with Crippen LogP contribution in [-0.4, -0.2) is 30.7 Å². The lowest BCUT2D eigenvalue weighted by atomic mass is 10.1. The Hall–Kier alpha value is -0.810. The van der Waals surface area contributed by atoms with E-state index in [1.807, 2.05) is 12.1 Å². The molecule has 1 aromatic carbocycles. The van der Waals surface area contributed by atoms with Gasteiger partial charge in [-0.1, -0.05) is 12.1 Å². The van der Waals surface area contributed by atoms with Crippen molar-refractivity contribution in [1.29, 1.82) is 0 Å². The zero-order chi connectivity index (χ0) is 11.4. The zero-order valence-corrected chi connectivity index (χ0v) is 10.9. The second kappa shape index (κ2) is 6.81. The van der Waals surface area contributed by atoms with Crippen LogP contribution in [0.15, 0.2) is 24.3 Å². The van der Waals surface area contributed by atoms with Crippen LogP contribution in [-0.2, 0) is 11.3 Å². The molecule has 1 atom stereocenters. The summed E-state index contributed by atoms with van der Waals surface area (Å²) >= 11 is 0. The summed E-state index contributed by atoms with van der Waals surface area (Å²) in [5, 5.41) is 0. The number of rotatable bonds is 3. The molecule has 0 aromatic heterocycles. The minimum Gasteiger partial charge on any atom is -0.379 e. The number of hydrogen-bond donors (Lipinski definition) is 2. The number of morpholine rings is 1. The number of nitrogens with zero attached hydrogens (tertiary/aromatic N) is 1. The standard InChI is InChI=1S/C12H19N3O.ClH/c1-10-9-16-7-6-15(10)8-11-2-4-12(14-13)5-3-11;/h2-5,10,14H,6-9,13H2,1H3;1H/t10-;/m0./s1. The summed E-state index contributed by atoms with van der Waals surface area (Å²) in [5.41, 5.74) is 4.89. The van der Waals surface area contributed by atoms with Gasteiger partial charge in [0, 0.05) is 24.8 Å². The maximum Gasteiger partial charge on any atom is 0.0619 e. The number of nitrogens with one attached hydrogen (secondary N) is 1. The van der Waals surface area contributed by atoms with Crippen molar-refractivity contribution in [3.8, 4) is 0 Å². The molecule has 3 N–H and O–H groups in total. The van der Waals surface area contributed by atoms with Crippen molar-refractivity contribution in [2.24, 2.45) is 5.84 Å². The zero-order valence-electron chi connectivity index (χ0n) is 10.1. The molecule has 4 nitrogen and oxygen atoms in total. The molecule has 1 aliphatic heterocycles. The lowest BCUT2D eigenvalue weighted by Crippen LogP contribution is -2.42. The Morgan fingerprint density at radius 3 is 2.71 bits per heavy atom. The summed E-state index contributed by atoms with van der Waals surface area (Å²) in [7, 11) is 0. The third-order valence-corrected chi connectivity index (χ3v) is 3.01. The van der Waals surface area contributed by atoms with Gasteiger partial charge in [0.2, 0.25) is 0 Å². The first-order valence-corrected chi connectivity index (χ1v) is 5.67. The molecule has 0 bridgehead atoms. The molecule has 5 heteroatoms. The fourth-order valence-corrected chi connectivity index (χ4v) is 1.94. The van der Waals surface area contributed by atoms with Gasteiger partial charge in [-0.2, -0.15) is 0 Å². The van der Waals surface area contributed by atoms with Crippen molar-refractivity contribution >= 4 is 18.1 Å². The summed E-state index contributed by atoms with van der Waals surface area (Å²) in [5.74, 6) is 5.33. The first-order valence-electron chi connectivity index (χ1n) is 5.67. The molecule has 17 heavy (non-hydrogen) atoms. The molecule has 0 radical (unpaired) electrons. The third-order valence-electron chi connectivity index (χ3n) is 3.01. The van der Waals surface area contributed by atoms with Gasteiger partial charge in [0.05, 0.1) is 13.2 Å². The topological polar surface area (TPSA) is 50.5 Å². The smallest absolute Gasteiger partial charge is 0.0619 e. The number of nitrogen functional groups attached to an aromatic ring is 1. The lowest BCUT2D eigenvalue weighted by Gasteiger charge is -2.33. The highest BCUT2D eigenvalue weighted by molar-refractivity contribution is 5.85. The first-order chi connectivity index (χ1) is 7.79. The van der Waals surface area contributed by atoms with Crippen LogP contribution < -0.4 is 11.3 Å². The van der Waals surface area contributed by atoms with Crippen LogP contribution in [0, 0.1) is 0 Å². The van der Waals surface area contributed by atoms with Gasteiger partial charge in [0.1, 0.15) is 0 Å². The van der Waals surface area contributed by atoms with Crippen molar-refractivity contribution in [2.75, 3.05) is 25.2 Å². The Labute approximate surface area is 109 Å². The number of nitrogens with two attached hydrogens (primary N) is 1. The lowest BCUT2D eigenvalue weighted by molar-refractivity contribution is -0.00436. The number of hydrogen-bond acceptors (Lipinski definition) is 4. The fraction of sp³-hybridized carbons (Fsp3) is 0.500. The normalized spacial score (nSPS) is 20.7. The molecule has 1 saturated heterocycles. The Balaban J connectivity index is 0.00000144. The minimum atomic E-state index is 0. The van der Waals surface area contributed by atoms with E-state index in [0.717, 1.165) is 32.0 Å². The molecular formula is C12H20ClN3O. The van der Waals surface area contributed by atoms with E-state index in [4.69, 9.17) is 10.6 Å². The van der Waals surface area contributed by atoms with Gasteiger partial charge in [0.25, 0.3) is 0 Å². The van der Waals surface area contributed by atoms with Gasteiger partial charge in [-0.05, 0) is 24.6 Å². The van der Waals surface area contributed by atoms with E-state index in [1.165, 1.54) is 5.56 Å². The van der Waals surface area contributed by atoms with Gasteiger partial charge in [0.15, 0.2) is 0 Å². The van der Waals surface area contributed by atoms with E-state index in [2.05, 4.69) is 29.4 Å². The van der Waals surface area contributed by atoms with Crippen molar-refractivity contribution in [2.45, 2.75) is 19.5 Å². The minimum absolute atomic E-state index is 0.